The topological polar surface area (TPSA) is 46.2 Å². The van der Waals surface area contributed by atoms with Crippen molar-refractivity contribution in [2.24, 2.45) is 5.92 Å². The molecule has 11 heavy (non-hydrogen) atoms. The molecule has 0 atom stereocenters. The van der Waals surface area contributed by atoms with Gasteiger partial charge in [-0.3, -0.25) is 9.59 Å². The molecule has 0 aliphatic carbocycles. The summed E-state index contributed by atoms with van der Waals surface area (Å²) >= 11 is 0. The highest BCUT2D eigenvalue weighted by atomic mass is 16.2. The van der Waals surface area contributed by atoms with Crippen molar-refractivity contribution in [2.75, 3.05) is 0 Å². The molecule has 0 aromatic heterocycles. The van der Waals surface area contributed by atoms with Crippen LogP contribution in [0.5, 0.6) is 0 Å². The first kappa shape index (κ1) is 7.98. The van der Waals surface area contributed by atoms with Crippen LogP contribution in [0.1, 0.15) is 20.3 Å². The average molecular weight is 153 g/mol. The summed E-state index contributed by atoms with van der Waals surface area (Å²) < 4.78 is 0. The Morgan fingerprint density at radius 1 is 1.64 bits per heavy atom. The van der Waals surface area contributed by atoms with Gasteiger partial charge in [0.15, 0.2) is 5.78 Å². The van der Waals surface area contributed by atoms with Crippen LogP contribution in [0.25, 0.3) is 0 Å². The van der Waals surface area contributed by atoms with Gasteiger partial charge in [-0.05, 0) is 6.08 Å². The van der Waals surface area contributed by atoms with Gasteiger partial charge < -0.3 is 5.32 Å². The molecule has 0 spiro atoms. The highest BCUT2D eigenvalue weighted by Gasteiger charge is 2.19. The fourth-order valence-corrected chi connectivity index (χ4v) is 0.920. The van der Waals surface area contributed by atoms with Crippen LogP contribution < -0.4 is 5.32 Å². The van der Waals surface area contributed by atoms with Gasteiger partial charge in [0, 0.05) is 12.3 Å². The summed E-state index contributed by atoms with van der Waals surface area (Å²) in [5, 5.41) is 2.51. The molecular weight excluding hydrogens is 142 g/mol. The third-order valence-corrected chi connectivity index (χ3v) is 1.56. The summed E-state index contributed by atoms with van der Waals surface area (Å²) in [4.78, 5) is 21.9. The lowest BCUT2D eigenvalue weighted by Crippen LogP contribution is -2.23. The van der Waals surface area contributed by atoms with Crippen LogP contribution in [0, 0.1) is 5.92 Å². The second-order valence-corrected chi connectivity index (χ2v) is 2.89. The fourth-order valence-electron chi connectivity index (χ4n) is 0.920. The van der Waals surface area contributed by atoms with Crippen molar-refractivity contribution in [1.82, 2.24) is 5.32 Å². The number of hydrogen-bond donors (Lipinski definition) is 1. The molecule has 0 aromatic rings. The van der Waals surface area contributed by atoms with Crippen molar-refractivity contribution in [3.8, 4) is 0 Å². The molecule has 1 aliphatic heterocycles. The molecule has 1 rings (SSSR count). The van der Waals surface area contributed by atoms with Crippen molar-refractivity contribution in [1.29, 1.82) is 0 Å². The second-order valence-electron chi connectivity index (χ2n) is 2.89. The first-order valence-electron chi connectivity index (χ1n) is 3.65. The number of rotatable bonds is 2. The molecule has 3 nitrogen and oxygen atoms in total. The van der Waals surface area contributed by atoms with Crippen LogP contribution in [0.2, 0.25) is 0 Å². The van der Waals surface area contributed by atoms with Crippen LogP contribution in [0.3, 0.4) is 0 Å². The Bertz CT molecular complexity index is 228. The van der Waals surface area contributed by atoms with E-state index in [4.69, 9.17) is 0 Å². The van der Waals surface area contributed by atoms with E-state index >= 15 is 0 Å². The van der Waals surface area contributed by atoms with Crippen molar-refractivity contribution in [3.63, 3.8) is 0 Å². The van der Waals surface area contributed by atoms with Gasteiger partial charge in [0.1, 0.15) is 0 Å². The summed E-state index contributed by atoms with van der Waals surface area (Å²) in [6.07, 6.45) is 1.98. The number of carbonyl (C=O) groups excluding carboxylic acids is 2. The molecule has 0 bridgehead atoms. The largest absolute Gasteiger partial charge is 0.323 e. The molecule has 1 aliphatic rings. The zero-order valence-electron chi connectivity index (χ0n) is 6.68. The minimum absolute atomic E-state index is 0.0100. The number of hydrogen-bond acceptors (Lipinski definition) is 2. The molecule has 1 amide bonds. The molecule has 0 unspecified atom stereocenters. The van der Waals surface area contributed by atoms with E-state index in [1.54, 1.807) is 6.08 Å². The van der Waals surface area contributed by atoms with Crippen molar-refractivity contribution in [3.05, 3.63) is 11.8 Å². The van der Waals surface area contributed by atoms with Crippen LogP contribution in [-0.2, 0) is 9.59 Å². The molecule has 1 N–H and O–H groups in total. The number of amides is 1. The number of Topliss-reactive ketones (excluding diaryl/α,β-unsaturated/α-hetero) is 1. The molecule has 0 fully saturated rings. The number of nitrogens with one attached hydrogen (secondary N) is 1. The predicted octanol–water partition coefficient (Wildman–Crippen LogP) is 0.615. The van der Waals surface area contributed by atoms with Crippen LogP contribution in [0.15, 0.2) is 11.8 Å². The minimum atomic E-state index is -0.0889. The normalized spacial score (nSPS) is 16.6. The molecule has 0 radical (unpaired) electrons. The van der Waals surface area contributed by atoms with E-state index in [1.807, 2.05) is 13.8 Å². The third kappa shape index (κ3) is 1.67. The van der Waals surface area contributed by atoms with E-state index in [-0.39, 0.29) is 17.6 Å². The van der Waals surface area contributed by atoms with Crippen LogP contribution in [-0.4, -0.2) is 11.7 Å². The van der Waals surface area contributed by atoms with Gasteiger partial charge in [0.05, 0.1) is 5.70 Å². The van der Waals surface area contributed by atoms with Gasteiger partial charge in [-0.2, -0.15) is 0 Å². The Kier molecular flexibility index (Phi) is 2.08. The van der Waals surface area contributed by atoms with Crippen LogP contribution in [0.4, 0.5) is 0 Å². The first-order chi connectivity index (χ1) is 5.11. The van der Waals surface area contributed by atoms with Gasteiger partial charge in [0.2, 0.25) is 5.91 Å². The van der Waals surface area contributed by atoms with Gasteiger partial charge in [-0.1, -0.05) is 13.8 Å². The highest BCUT2D eigenvalue weighted by molar-refractivity contribution is 6.02. The SMILES string of the molecule is CC(C)C(=O)C1=CCC(=O)N1. The van der Waals surface area contributed by atoms with Crippen molar-refractivity contribution in [2.45, 2.75) is 20.3 Å². The van der Waals surface area contributed by atoms with E-state index in [9.17, 15) is 9.59 Å². The zero-order chi connectivity index (χ0) is 8.43. The zero-order valence-corrected chi connectivity index (χ0v) is 6.68. The van der Waals surface area contributed by atoms with E-state index in [2.05, 4.69) is 5.32 Å². The average Bonchev–Trinajstić information content (AvgIpc) is 2.34. The Morgan fingerprint density at radius 3 is 2.64 bits per heavy atom. The van der Waals surface area contributed by atoms with Crippen molar-refractivity contribution >= 4 is 11.7 Å². The predicted molar refractivity (Wildman–Crippen MR) is 40.7 cm³/mol. The van der Waals surface area contributed by atoms with Crippen LogP contribution >= 0.6 is 0 Å². The Balaban J connectivity index is 2.63. The molecule has 0 saturated heterocycles. The summed E-state index contributed by atoms with van der Waals surface area (Å²) in [5.74, 6) is -0.121. The monoisotopic (exact) mass is 153 g/mol. The Labute approximate surface area is 65.5 Å². The van der Waals surface area contributed by atoms with Gasteiger partial charge in [0.25, 0.3) is 0 Å². The summed E-state index contributed by atoms with van der Waals surface area (Å²) in [7, 11) is 0. The van der Waals surface area contributed by atoms with E-state index in [0.29, 0.717) is 12.1 Å². The molecule has 3 heteroatoms. The summed E-state index contributed by atoms with van der Waals surface area (Å²) in [5.41, 5.74) is 0.463. The molecule has 1 heterocycles. The van der Waals surface area contributed by atoms with Crippen molar-refractivity contribution < 1.29 is 9.59 Å². The summed E-state index contributed by atoms with van der Waals surface area (Å²) in [6, 6.07) is 0. The van der Waals surface area contributed by atoms with Gasteiger partial charge in [-0.25, -0.2) is 0 Å². The molecule has 60 valence electrons. The molecule has 0 saturated carbocycles. The molecule has 0 aromatic carbocycles. The Hall–Kier alpha value is -1.12. The van der Waals surface area contributed by atoms with E-state index in [0.717, 1.165) is 0 Å². The highest BCUT2D eigenvalue weighted by Crippen LogP contribution is 2.08. The standard InChI is InChI=1S/C8H11NO2/c1-5(2)8(11)6-3-4-7(10)9-6/h3,5H,4H2,1-2H3,(H,9,10). The maximum absolute atomic E-state index is 11.2. The lowest BCUT2D eigenvalue weighted by molar-refractivity contribution is -0.122. The lowest BCUT2D eigenvalue weighted by atomic mass is 10.1. The maximum atomic E-state index is 11.2. The maximum Gasteiger partial charge on any atom is 0.228 e. The van der Waals surface area contributed by atoms with E-state index < -0.39 is 0 Å². The van der Waals surface area contributed by atoms with E-state index in [1.165, 1.54) is 0 Å². The van der Waals surface area contributed by atoms with Gasteiger partial charge >= 0.3 is 0 Å². The number of allylic oxidation sites excluding steroid dienone is 1. The lowest BCUT2D eigenvalue weighted by Gasteiger charge is -2.03. The summed E-state index contributed by atoms with van der Waals surface area (Å²) in [6.45, 7) is 3.63. The van der Waals surface area contributed by atoms with Gasteiger partial charge in [-0.15, -0.1) is 0 Å². The number of carbonyl (C=O) groups is 2. The number of ketones is 1. The second kappa shape index (κ2) is 2.86. The minimum Gasteiger partial charge on any atom is -0.323 e. The molecular formula is C8H11NO2. The third-order valence-electron chi connectivity index (χ3n) is 1.56. The first-order valence-corrected chi connectivity index (χ1v) is 3.65. The smallest absolute Gasteiger partial charge is 0.228 e. The fraction of sp³-hybridized carbons (Fsp3) is 0.500. The Morgan fingerprint density at radius 2 is 2.27 bits per heavy atom. The quantitative estimate of drug-likeness (QED) is 0.632.